The molecule has 0 aromatic heterocycles. The predicted molar refractivity (Wildman–Crippen MR) is 172 cm³/mol. The molecule has 1 atom stereocenters. The van der Waals surface area contributed by atoms with Crippen LogP contribution in [-0.4, -0.2) is 149 Å². The zero-order valence-electron chi connectivity index (χ0n) is 27.8. The van der Waals surface area contributed by atoms with Crippen LogP contribution < -0.4 is 10.6 Å². The van der Waals surface area contributed by atoms with Gasteiger partial charge in [-0.15, -0.1) is 0 Å². The lowest BCUT2D eigenvalue weighted by Gasteiger charge is -2.54. The quantitative estimate of drug-likeness (QED) is 0.355. The zero-order chi connectivity index (χ0) is 29.8. The van der Waals surface area contributed by atoms with Crippen molar-refractivity contribution in [2.45, 2.75) is 78.7 Å². The lowest BCUT2D eigenvalue weighted by Crippen LogP contribution is -2.60. The number of rotatable bonds is 8. The summed E-state index contributed by atoms with van der Waals surface area (Å²) in [6, 6.07) is 0.646. The lowest BCUT2D eigenvalue weighted by molar-refractivity contribution is -0.00973. The second-order valence-corrected chi connectivity index (χ2v) is 12.4. The van der Waals surface area contributed by atoms with Gasteiger partial charge in [-0.25, -0.2) is 0 Å². The Kier molecular flexibility index (Phi) is 21.0. The van der Waals surface area contributed by atoms with E-state index in [0.717, 1.165) is 37.9 Å². The second kappa shape index (κ2) is 22.3. The van der Waals surface area contributed by atoms with Gasteiger partial charge in [-0.1, -0.05) is 27.7 Å². The molecule has 5 aliphatic rings. The Bertz CT molecular complexity index is 542. The molecular weight excluding hydrogens is 500 g/mol. The van der Waals surface area contributed by atoms with E-state index in [4.69, 9.17) is 10.2 Å². The summed E-state index contributed by atoms with van der Waals surface area (Å²) in [6.45, 7) is 23.2. The lowest BCUT2D eigenvalue weighted by atomic mass is 9.58. The van der Waals surface area contributed by atoms with Crippen molar-refractivity contribution in [3.05, 3.63) is 0 Å². The average molecular weight is 571 g/mol. The molecule has 5 fully saturated rings. The Morgan fingerprint density at radius 1 is 0.750 bits per heavy atom. The summed E-state index contributed by atoms with van der Waals surface area (Å²) in [7, 11) is 6.54. The monoisotopic (exact) mass is 571 g/mol. The van der Waals surface area contributed by atoms with Crippen LogP contribution in [0.3, 0.4) is 0 Å². The molecule has 1 aliphatic carbocycles. The van der Waals surface area contributed by atoms with E-state index in [1.165, 1.54) is 97.4 Å². The molecule has 0 radical (unpaired) electrons. The normalized spacial score (nSPS) is 25.2. The maximum absolute atomic E-state index is 8.65. The molecular formula is C32H70N6O2. The van der Waals surface area contributed by atoms with E-state index in [-0.39, 0.29) is 6.61 Å². The van der Waals surface area contributed by atoms with Gasteiger partial charge in [-0.2, -0.15) is 0 Å². The minimum absolute atomic E-state index is 0.271. The van der Waals surface area contributed by atoms with Crippen molar-refractivity contribution in [1.29, 1.82) is 0 Å². The van der Waals surface area contributed by atoms with Gasteiger partial charge in [-0.3, -0.25) is 4.90 Å². The van der Waals surface area contributed by atoms with Crippen molar-refractivity contribution in [3.63, 3.8) is 0 Å². The summed E-state index contributed by atoms with van der Waals surface area (Å²) in [4.78, 5) is 9.76. The first-order valence-electron chi connectivity index (χ1n) is 16.9. The molecule has 40 heavy (non-hydrogen) atoms. The molecule has 4 heterocycles. The maximum Gasteiger partial charge on any atom is 0.0558 e. The summed E-state index contributed by atoms with van der Waals surface area (Å²) in [5.41, 5.74) is 0.694. The van der Waals surface area contributed by atoms with Crippen LogP contribution in [0.4, 0.5) is 0 Å². The van der Waals surface area contributed by atoms with Crippen LogP contribution in [0.5, 0.6) is 0 Å². The number of hydrogen-bond donors (Lipinski definition) is 4. The molecule has 4 aliphatic heterocycles. The molecule has 8 nitrogen and oxygen atoms in total. The highest BCUT2D eigenvalue weighted by Crippen LogP contribution is 2.49. The average Bonchev–Trinajstić information content (AvgIpc) is 3.49. The fraction of sp³-hybridized carbons (Fsp3) is 1.00. The minimum atomic E-state index is 0.271. The Balaban J connectivity index is 0.000000292. The van der Waals surface area contributed by atoms with Gasteiger partial charge in [0.1, 0.15) is 0 Å². The number of aliphatic hydroxyl groups excluding tert-OH is 2. The maximum atomic E-state index is 8.65. The summed E-state index contributed by atoms with van der Waals surface area (Å²) in [6.07, 6.45) is 9.24. The fourth-order valence-corrected chi connectivity index (χ4v) is 6.46. The Morgan fingerprint density at radius 2 is 1.35 bits per heavy atom. The highest BCUT2D eigenvalue weighted by atomic mass is 16.3. The van der Waals surface area contributed by atoms with E-state index >= 15 is 0 Å². The van der Waals surface area contributed by atoms with E-state index in [1.807, 2.05) is 27.7 Å². The molecule has 8 heteroatoms. The third-order valence-corrected chi connectivity index (χ3v) is 9.38. The number of likely N-dealkylation sites (N-methyl/N-ethyl adjacent to an activating group) is 2. The van der Waals surface area contributed by atoms with Crippen molar-refractivity contribution < 1.29 is 10.2 Å². The van der Waals surface area contributed by atoms with Crippen LogP contribution in [0.1, 0.15) is 72.6 Å². The van der Waals surface area contributed by atoms with Gasteiger partial charge < -0.3 is 35.5 Å². The highest BCUT2D eigenvalue weighted by molar-refractivity contribution is 5.02. The number of nitrogens with zero attached hydrogens (tertiary/aromatic N) is 4. The number of nitrogens with one attached hydrogen (secondary N) is 2. The van der Waals surface area contributed by atoms with Crippen molar-refractivity contribution >= 4 is 0 Å². The topological polar surface area (TPSA) is 77.5 Å². The van der Waals surface area contributed by atoms with Crippen molar-refractivity contribution in [3.8, 4) is 0 Å². The van der Waals surface area contributed by atoms with Crippen molar-refractivity contribution in [2.75, 3.05) is 113 Å². The van der Waals surface area contributed by atoms with Crippen LogP contribution in [0, 0.1) is 17.3 Å². The van der Waals surface area contributed by atoms with Crippen molar-refractivity contribution in [2.24, 2.45) is 17.3 Å². The van der Waals surface area contributed by atoms with Gasteiger partial charge in [0.25, 0.3) is 0 Å². The van der Waals surface area contributed by atoms with Gasteiger partial charge in [0.15, 0.2) is 0 Å². The van der Waals surface area contributed by atoms with Crippen LogP contribution >= 0.6 is 0 Å². The van der Waals surface area contributed by atoms with Crippen molar-refractivity contribution in [1.82, 2.24) is 30.2 Å². The van der Waals surface area contributed by atoms with Gasteiger partial charge in [0.2, 0.25) is 0 Å². The number of likely N-dealkylation sites (tertiary alicyclic amines) is 1. The first-order valence-corrected chi connectivity index (χ1v) is 16.9. The number of aliphatic hydroxyl groups is 2. The first-order chi connectivity index (χ1) is 19.4. The molecule has 1 spiro atoms. The third kappa shape index (κ3) is 14.2. The summed E-state index contributed by atoms with van der Waals surface area (Å²) >= 11 is 0. The molecule has 1 unspecified atom stereocenters. The molecule has 0 aromatic rings. The number of piperidine rings is 1. The summed E-state index contributed by atoms with van der Waals surface area (Å²) in [5, 5.41) is 23.9. The predicted octanol–water partition coefficient (Wildman–Crippen LogP) is 2.66. The standard InChI is InChI=1S/C13H27N3.C8H15NO.C7H16N2O.2C2H6/c1-14-6-3-13(4-7-14)5-8-16-11-9-15(2)10-12-16;10-2-1-7-3-8(4-7)5-9-6-8;1-9(4-5-10)7-2-3-8-6-7;2*1-2/h13H,3-12H2,1-2H3;7,9-10H,1-6H2;7-8,10H,2-6H2,1H3;2*1-2H3. The molecule has 4 saturated heterocycles. The van der Waals surface area contributed by atoms with Crippen LogP contribution in [0.2, 0.25) is 0 Å². The smallest absolute Gasteiger partial charge is 0.0558 e. The van der Waals surface area contributed by atoms with Crippen LogP contribution in [-0.2, 0) is 0 Å². The molecule has 5 rings (SSSR count). The third-order valence-electron chi connectivity index (χ3n) is 9.38. The number of hydrogen-bond acceptors (Lipinski definition) is 8. The van der Waals surface area contributed by atoms with Gasteiger partial charge in [0, 0.05) is 65.0 Å². The van der Waals surface area contributed by atoms with Gasteiger partial charge in [-0.05, 0) is 110 Å². The van der Waals surface area contributed by atoms with E-state index < -0.39 is 0 Å². The SMILES string of the molecule is CC.CC.CN(CCO)C1CCNC1.CN1CCC(CCN2CCN(C)CC2)CC1.OCCC1CC2(CNC2)C1. The van der Waals surface area contributed by atoms with E-state index in [2.05, 4.69) is 51.4 Å². The summed E-state index contributed by atoms with van der Waals surface area (Å²) < 4.78 is 0. The Labute approximate surface area is 249 Å². The second-order valence-electron chi connectivity index (χ2n) is 12.4. The number of piperazine rings is 1. The molecule has 4 N–H and O–H groups in total. The van der Waals surface area contributed by atoms with Gasteiger partial charge in [0.05, 0.1) is 6.61 Å². The Morgan fingerprint density at radius 3 is 1.82 bits per heavy atom. The fourth-order valence-electron chi connectivity index (χ4n) is 6.46. The Hall–Kier alpha value is -0.320. The molecule has 240 valence electrons. The van der Waals surface area contributed by atoms with Gasteiger partial charge >= 0.3 is 0 Å². The van der Waals surface area contributed by atoms with E-state index in [9.17, 15) is 0 Å². The summed E-state index contributed by atoms with van der Waals surface area (Å²) in [5.74, 6) is 1.84. The van der Waals surface area contributed by atoms with Crippen LogP contribution in [0.25, 0.3) is 0 Å². The van der Waals surface area contributed by atoms with E-state index in [1.54, 1.807) is 0 Å². The zero-order valence-corrected chi connectivity index (χ0v) is 27.8. The largest absolute Gasteiger partial charge is 0.396 e. The van der Waals surface area contributed by atoms with Crippen LogP contribution in [0.15, 0.2) is 0 Å². The minimum Gasteiger partial charge on any atom is -0.396 e. The first kappa shape index (κ1) is 37.7. The molecule has 0 bridgehead atoms. The highest BCUT2D eigenvalue weighted by Gasteiger charge is 2.47. The molecule has 0 aromatic carbocycles. The van der Waals surface area contributed by atoms with E-state index in [0.29, 0.717) is 18.1 Å². The molecule has 1 saturated carbocycles. The molecule has 0 amide bonds.